The number of benzene rings is 2. The summed E-state index contributed by atoms with van der Waals surface area (Å²) in [7, 11) is 0. The SMILES string of the molecule is CCn1c(=O)n(CCC(=O)NOCc2ccccc2)c2ccccc21. The van der Waals surface area contributed by atoms with Crippen LogP contribution in [0.2, 0.25) is 0 Å². The van der Waals surface area contributed by atoms with E-state index in [2.05, 4.69) is 5.48 Å². The first kappa shape index (κ1) is 17.0. The standard InChI is InChI=1S/C19H21N3O3/c1-2-21-16-10-6-7-11-17(16)22(19(21)24)13-12-18(23)20-25-14-15-8-4-3-5-9-15/h3-11H,2,12-14H2,1H3,(H,20,23). The zero-order valence-electron chi connectivity index (χ0n) is 14.1. The van der Waals surface area contributed by atoms with E-state index in [1.54, 1.807) is 9.13 Å². The highest BCUT2D eigenvalue weighted by Crippen LogP contribution is 2.13. The van der Waals surface area contributed by atoms with Crippen LogP contribution in [0.4, 0.5) is 0 Å². The molecule has 6 heteroatoms. The van der Waals surface area contributed by atoms with Crippen molar-refractivity contribution in [1.82, 2.24) is 14.6 Å². The summed E-state index contributed by atoms with van der Waals surface area (Å²) in [4.78, 5) is 29.7. The highest BCUT2D eigenvalue weighted by atomic mass is 16.6. The Labute approximate surface area is 145 Å². The lowest BCUT2D eigenvalue weighted by Gasteiger charge is -2.06. The van der Waals surface area contributed by atoms with Crippen molar-refractivity contribution in [3.05, 3.63) is 70.6 Å². The molecule has 0 aliphatic rings. The Morgan fingerprint density at radius 2 is 1.64 bits per heavy atom. The van der Waals surface area contributed by atoms with Crippen LogP contribution in [0.3, 0.4) is 0 Å². The number of rotatable bonds is 7. The van der Waals surface area contributed by atoms with E-state index in [0.717, 1.165) is 16.6 Å². The van der Waals surface area contributed by atoms with E-state index in [4.69, 9.17) is 4.84 Å². The molecule has 0 unspecified atom stereocenters. The van der Waals surface area contributed by atoms with Gasteiger partial charge in [-0.05, 0) is 24.6 Å². The average molecular weight is 339 g/mol. The first-order valence-corrected chi connectivity index (χ1v) is 8.33. The summed E-state index contributed by atoms with van der Waals surface area (Å²) in [6, 6.07) is 17.2. The molecule has 6 nitrogen and oxygen atoms in total. The number of aryl methyl sites for hydroxylation is 2. The van der Waals surface area contributed by atoms with E-state index in [1.165, 1.54) is 0 Å². The zero-order chi connectivity index (χ0) is 17.6. The van der Waals surface area contributed by atoms with Gasteiger partial charge in [-0.1, -0.05) is 42.5 Å². The molecule has 25 heavy (non-hydrogen) atoms. The van der Waals surface area contributed by atoms with Crippen molar-refractivity contribution < 1.29 is 9.63 Å². The van der Waals surface area contributed by atoms with Crippen LogP contribution >= 0.6 is 0 Å². The molecule has 3 aromatic rings. The van der Waals surface area contributed by atoms with E-state index in [0.29, 0.717) is 19.7 Å². The lowest BCUT2D eigenvalue weighted by Crippen LogP contribution is -2.28. The highest BCUT2D eigenvalue weighted by molar-refractivity contribution is 5.77. The van der Waals surface area contributed by atoms with Crippen molar-refractivity contribution in [3.8, 4) is 0 Å². The molecule has 0 spiro atoms. The van der Waals surface area contributed by atoms with Crippen molar-refractivity contribution >= 4 is 16.9 Å². The van der Waals surface area contributed by atoms with Gasteiger partial charge in [0.15, 0.2) is 0 Å². The van der Waals surface area contributed by atoms with Gasteiger partial charge in [-0.2, -0.15) is 0 Å². The molecule has 0 atom stereocenters. The van der Waals surface area contributed by atoms with Crippen LogP contribution in [-0.4, -0.2) is 15.0 Å². The second-order valence-electron chi connectivity index (χ2n) is 5.72. The summed E-state index contributed by atoms with van der Waals surface area (Å²) in [6.07, 6.45) is 0.173. The third kappa shape index (κ3) is 3.80. The fraction of sp³-hybridized carbons (Fsp3) is 0.263. The van der Waals surface area contributed by atoms with Crippen molar-refractivity contribution in [2.45, 2.75) is 33.0 Å². The molecular weight excluding hydrogens is 318 g/mol. The summed E-state index contributed by atoms with van der Waals surface area (Å²) >= 11 is 0. The third-order valence-corrected chi connectivity index (χ3v) is 4.07. The van der Waals surface area contributed by atoms with Crippen molar-refractivity contribution in [2.24, 2.45) is 0 Å². The Morgan fingerprint density at radius 1 is 1.00 bits per heavy atom. The second-order valence-corrected chi connectivity index (χ2v) is 5.72. The fourth-order valence-electron chi connectivity index (χ4n) is 2.83. The van der Waals surface area contributed by atoms with Gasteiger partial charge in [0.05, 0.1) is 17.6 Å². The molecule has 0 bridgehead atoms. The summed E-state index contributed by atoms with van der Waals surface area (Å²) in [6.45, 7) is 3.15. The lowest BCUT2D eigenvalue weighted by molar-refractivity contribution is -0.134. The van der Waals surface area contributed by atoms with Gasteiger partial charge in [-0.3, -0.25) is 18.8 Å². The van der Waals surface area contributed by atoms with Gasteiger partial charge in [0.2, 0.25) is 5.91 Å². The number of aromatic nitrogens is 2. The number of amides is 1. The number of para-hydroxylation sites is 2. The van der Waals surface area contributed by atoms with Gasteiger partial charge in [-0.15, -0.1) is 0 Å². The smallest absolute Gasteiger partial charge is 0.292 e. The predicted octanol–water partition coefficient (Wildman–Crippen LogP) is 2.46. The number of carbonyl (C=O) groups excluding carboxylic acids is 1. The van der Waals surface area contributed by atoms with E-state index in [9.17, 15) is 9.59 Å². The Hall–Kier alpha value is -2.86. The first-order valence-electron chi connectivity index (χ1n) is 8.33. The number of hydrogen-bond donors (Lipinski definition) is 1. The second kappa shape index (κ2) is 7.81. The Morgan fingerprint density at radius 3 is 2.32 bits per heavy atom. The van der Waals surface area contributed by atoms with Crippen LogP contribution in [0.15, 0.2) is 59.4 Å². The maximum Gasteiger partial charge on any atom is 0.329 e. The molecule has 3 rings (SSSR count). The average Bonchev–Trinajstić information content (AvgIpc) is 2.91. The Bertz CT molecular complexity index is 913. The molecule has 0 fully saturated rings. The minimum Gasteiger partial charge on any atom is -0.292 e. The van der Waals surface area contributed by atoms with Crippen LogP contribution in [0.1, 0.15) is 18.9 Å². The maximum absolute atomic E-state index is 12.5. The van der Waals surface area contributed by atoms with Gasteiger partial charge >= 0.3 is 5.69 Å². The van der Waals surface area contributed by atoms with E-state index >= 15 is 0 Å². The van der Waals surface area contributed by atoms with Crippen molar-refractivity contribution in [3.63, 3.8) is 0 Å². The molecule has 1 aromatic heterocycles. The van der Waals surface area contributed by atoms with Crippen molar-refractivity contribution in [1.29, 1.82) is 0 Å². The van der Waals surface area contributed by atoms with E-state index < -0.39 is 0 Å². The number of imidazole rings is 1. The van der Waals surface area contributed by atoms with Crippen molar-refractivity contribution in [2.75, 3.05) is 0 Å². The lowest BCUT2D eigenvalue weighted by atomic mass is 10.2. The quantitative estimate of drug-likeness (QED) is 0.673. The molecule has 2 aromatic carbocycles. The minimum absolute atomic E-state index is 0.0956. The molecule has 1 heterocycles. The highest BCUT2D eigenvalue weighted by Gasteiger charge is 2.12. The molecular formula is C19H21N3O3. The molecule has 0 aliphatic carbocycles. The molecule has 0 saturated heterocycles. The maximum atomic E-state index is 12.5. The first-order chi connectivity index (χ1) is 12.2. The molecule has 1 N–H and O–H groups in total. The summed E-state index contributed by atoms with van der Waals surface area (Å²) in [5.41, 5.74) is 5.03. The number of fused-ring (bicyclic) bond motifs is 1. The van der Waals surface area contributed by atoms with Crippen LogP contribution in [0.5, 0.6) is 0 Å². The third-order valence-electron chi connectivity index (χ3n) is 4.07. The number of carbonyl (C=O) groups is 1. The van der Waals surface area contributed by atoms with E-state index in [1.807, 2.05) is 61.5 Å². The largest absolute Gasteiger partial charge is 0.329 e. The monoisotopic (exact) mass is 339 g/mol. The Balaban J connectivity index is 1.60. The number of hydrogen-bond acceptors (Lipinski definition) is 3. The van der Waals surface area contributed by atoms with Gasteiger partial charge in [0, 0.05) is 19.5 Å². The van der Waals surface area contributed by atoms with Gasteiger partial charge in [-0.25, -0.2) is 10.3 Å². The molecule has 0 aliphatic heterocycles. The summed E-state index contributed by atoms with van der Waals surface area (Å²) < 4.78 is 3.34. The Kier molecular flexibility index (Phi) is 5.30. The topological polar surface area (TPSA) is 65.3 Å². The van der Waals surface area contributed by atoms with Gasteiger partial charge in [0.1, 0.15) is 0 Å². The number of hydroxylamine groups is 1. The van der Waals surface area contributed by atoms with Crippen LogP contribution < -0.4 is 11.2 Å². The fourth-order valence-corrected chi connectivity index (χ4v) is 2.83. The van der Waals surface area contributed by atoms with Crippen LogP contribution in [-0.2, 0) is 29.3 Å². The van der Waals surface area contributed by atoms with Gasteiger partial charge < -0.3 is 0 Å². The normalized spacial score (nSPS) is 10.9. The molecule has 0 saturated carbocycles. The number of nitrogens with one attached hydrogen (secondary N) is 1. The van der Waals surface area contributed by atoms with Crippen LogP contribution in [0, 0.1) is 0 Å². The molecule has 1 amide bonds. The summed E-state index contributed by atoms with van der Waals surface area (Å²) in [5.74, 6) is -0.254. The van der Waals surface area contributed by atoms with Gasteiger partial charge in [0.25, 0.3) is 0 Å². The molecule has 0 radical (unpaired) electrons. The van der Waals surface area contributed by atoms with E-state index in [-0.39, 0.29) is 18.0 Å². The minimum atomic E-state index is -0.254. The predicted molar refractivity (Wildman–Crippen MR) is 95.9 cm³/mol. The zero-order valence-corrected chi connectivity index (χ0v) is 14.1. The van der Waals surface area contributed by atoms with Crippen LogP contribution in [0.25, 0.3) is 11.0 Å². The summed E-state index contributed by atoms with van der Waals surface area (Å²) in [5, 5.41) is 0. The number of nitrogens with zero attached hydrogens (tertiary/aromatic N) is 2. The molecule has 130 valence electrons.